The van der Waals surface area contributed by atoms with Crippen LogP contribution in [0.3, 0.4) is 0 Å². The number of benzene rings is 2. The van der Waals surface area contributed by atoms with E-state index in [1.54, 1.807) is 11.8 Å². The van der Waals surface area contributed by atoms with E-state index in [9.17, 15) is 9.59 Å². The molecule has 2 aromatic carbocycles. The molecule has 1 saturated heterocycles. The predicted octanol–water partition coefficient (Wildman–Crippen LogP) is 5.41. The Morgan fingerprint density at radius 3 is 2.37 bits per heavy atom. The summed E-state index contributed by atoms with van der Waals surface area (Å²) in [5, 5.41) is 3.11. The summed E-state index contributed by atoms with van der Waals surface area (Å²) in [6.07, 6.45) is 5.99. The first-order valence-corrected chi connectivity index (χ1v) is 12.0. The van der Waals surface area contributed by atoms with Crippen molar-refractivity contribution in [3.63, 3.8) is 0 Å². The largest absolute Gasteiger partial charge is 0.324 e. The fourth-order valence-corrected chi connectivity index (χ4v) is 6.22. The first kappa shape index (κ1) is 21.0. The minimum absolute atomic E-state index is 0.0160. The average molecular weight is 423 g/mol. The minimum atomic E-state index is -0.449. The Kier molecular flexibility index (Phi) is 6.47. The maximum Gasteiger partial charge on any atom is 0.255 e. The second-order valence-corrected chi connectivity index (χ2v) is 9.67. The van der Waals surface area contributed by atoms with E-state index >= 15 is 0 Å². The molecule has 5 heteroatoms. The highest BCUT2D eigenvalue weighted by Gasteiger charge is 2.45. The normalized spacial score (nSPS) is 22.1. The Bertz CT molecular complexity index is 906. The number of nitrogens with zero attached hydrogens (tertiary/aromatic N) is 1. The van der Waals surface area contributed by atoms with E-state index in [4.69, 9.17) is 0 Å². The number of anilines is 1. The van der Waals surface area contributed by atoms with Gasteiger partial charge in [0.1, 0.15) is 6.04 Å². The maximum atomic E-state index is 13.7. The average Bonchev–Trinajstić information content (AvgIpc) is 3.21. The van der Waals surface area contributed by atoms with Gasteiger partial charge in [-0.05, 0) is 56.4 Å². The van der Waals surface area contributed by atoms with Crippen LogP contribution in [0.4, 0.5) is 5.69 Å². The molecule has 2 atom stereocenters. The molecular formula is C25H30N2O2S. The van der Waals surface area contributed by atoms with Crippen molar-refractivity contribution in [2.45, 2.75) is 57.4 Å². The van der Waals surface area contributed by atoms with Crippen LogP contribution in [0.1, 0.15) is 53.6 Å². The Balaban J connectivity index is 1.61. The molecule has 1 heterocycles. The van der Waals surface area contributed by atoms with Crippen LogP contribution in [-0.2, 0) is 4.79 Å². The first-order chi connectivity index (χ1) is 14.5. The van der Waals surface area contributed by atoms with Gasteiger partial charge in [-0.1, -0.05) is 55.2 Å². The molecule has 1 saturated carbocycles. The van der Waals surface area contributed by atoms with Gasteiger partial charge in [-0.15, -0.1) is 11.8 Å². The first-order valence-electron chi connectivity index (χ1n) is 10.9. The Morgan fingerprint density at radius 2 is 1.67 bits per heavy atom. The zero-order chi connectivity index (χ0) is 21.1. The molecule has 158 valence electrons. The molecule has 1 N–H and O–H groups in total. The van der Waals surface area contributed by atoms with Gasteiger partial charge in [-0.3, -0.25) is 9.59 Å². The number of thioether (sulfide) groups is 1. The number of amides is 2. The number of rotatable bonds is 4. The lowest BCUT2D eigenvalue weighted by Crippen LogP contribution is -2.50. The summed E-state index contributed by atoms with van der Waals surface area (Å²) in [7, 11) is 0. The summed E-state index contributed by atoms with van der Waals surface area (Å²) in [6.45, 7) is 3.99. The lowest BCUT2D eigenvalue weighted by molar-refractivity contribution is -0.120. The third-order valence-electron chi connectivity index (χ3n) is 6.32. The van der Waals surface area contributed by atoms with Crippen molar-refractivity contribution in [2.24, 2.45) is 5.92 Å². The van der Waals surface area contributed by atoms with Crippen molar-refractivity contribution in [3.8, 4) is 0 Å². The lowest BCUT2D eigenvalue weighted by Gasteiger charge is -2.35. The molecule has 30 heavy (non-hydrogen) atoms. The van der Waals surface area contributed by atoms with Crippen LogP contribution < -0.4 is 5.32 Å². The van der Waals surface area contributed by atoms with Crippen molar-refractivity contribution in [1.29, 1.82) is 0 Å². The summed E-state index contributed by atoms with van der Waals surface area (Å²) >= 11 is 1.78. The van der Waals surface area contributed by atoms with Gasteiger partial charge < -0.3 is 10.2 Å². The SMILES string of the molecule is Cc1ccc(NC(=O)C2CSC(C3CCCCC3)N2C(=O)c2ccccc2C)cc1. The highest BCUT2D eigenvalue weighted by atomic mass is 32.2. The number of hydrogen-bond donors (Lipinski definition) is 1. The smallest absolute Gasteiger partial charge is 0.255 e. The minimum Gasteiger partial charge on any atom is -0.324 e. The molecule has 2 unspecified atom stereocenters. The van der Waals surface area contributed by atoms with Gasteiger partial charge >= 0.3 is 0 Å². The van der Waals surface area contributed by atoms with Crippen LogP contribution in [0.25, 0.3) is 0 Å². The van der Waals surface area contributed by atoms with Gasteiger partial charge in [0.25, 0.3) is 5.91 Å². The summed E-state index contributed by atoms with van der Waals surface area (Å²) < 4.78 is 0. The summed E-state index contributed by atoms with van der Waals surface area (Å²) in [5.74, 6) is 1.01. The van der Waals surface area contributed by atoms with Gasteiger partial charge in [-0.25, -0.2) is 0 Å². The molecule has 2 aromatic rings. The molecule has 0 aromatic heterocycles. The van der Waals surface area contributed by atoms with Crippen molar-refractivity contribution in [1.82, 2.24) is 4.90 Å². The molecule has 4 nitrogen and oxygen atoms in total. The zero-order valence-electron chi connectivity index (χ0n) is 17.8. The van der Waals surface area contributed by atoms with E-state index in [2.05, 4.69) is 5.32 Å². The van der Waals surface area contributed by atoms with Crippen molar-refractivity contribution < 1.29 is 9.59 Å². The van der Waals surface area contributed by atoms with Gasteiger partial charge in [0.15, 0.2) is 0 Å². The molecule has 0 radical (unpaired) electrons. The molecule has 0 spiro atoms. The molecule has 1 aliphatic heterocycles. The molecule has 2 aliphatic rings. The second-order valence-electron chi connectivity index (χ2n) is 8.52. The van der Waals surface area contributed by atoms with Crippen molar-refractivity contribution in [3.05, 3.63) is 65.2 Å². The molecule has 1 aliphatic carbocycles. The quantitative estimate of drug-likeness (QED) is 0.717. The number of carbonyl (C=O) groups is 2. The third kappa shape index (κ3) is 4.41. The second kappa shape index (κ2) is 9.25. The molecule has 0 bridgehead atoms. The Morgan fingerprint density at radius 1 is 0.967 bits per heavy atom. The van der Waals surface area contributed by atoms with E-state index in [1.165, 1.54) is 19.3 Å². The van der Waals surface area contributed by atoms with Crippen LogP contribution in [0.2, 0.25) is 0 Å². The standard InChI is InChI=1S/C25H30N2O2S/c1-17-12-14-20(15-13-17)26-23(28)22-16-30-25(19-9-4-3-5-10-19)27(22)24(29)21-11-7-6-8-18(21)2/h6-8,11-15,19,22,25H,3-5,9-10,16H2,1-2H3,(H,26,28). The number of aryl methyl sites for hydroxylation is 2. The summed E-state index contributed by atoms with van der Waals surface area (Å²) in [6, 6.07) is 15.1. The van der Waals surface area contributed by atoms with Crippen LogP contribution in [0, 0.1) is 19.8 Å². The van der Waals surface area contributed by atoms with E-state index < -0.39 is 6.04 Å². The van der Waals surface area contributed by atoms with Crippen LogP contribution in [0.15, 0.2) is 48.5 Å². The molecule has 2 fully saturated rings. The molecule has 4 rings (SSSR count). The summed E-state index contributed by atoms with van der Waals surface area (Å²) in [4.78, 5) is 28.8. The van der Waals surface area contributed by atoms with Crippen molar-refractivity contribution >= 4 is 29.3 Å². The topological polar surface area (TPSA) is 49.4 Å². The number of nitrogens with one attached hydrogen (secondary N) is 1. The van der Waals surface area contributed by atoms with Crippen molar-refractivity contribution in [2.75, 3.05) is 11.1 Å². The highest BCUT2D eigenvalue weighted by Crippen LogP contribution is 2.41. The van der Waals surface area contributed by atoms with Gasteiger partial charge in [-0.2, -0.15) is 0 Å². The van der Waals surface area contributed by atoms with E-state index in [0.717, 1.165) is 29.7 Å². The van der Waals surface area contributed by atoms with E-state index in [1.807, 2.05) is 67.3 Å². The van der Waals surface area contributed by atoms with Gasteiger partial charge in [0, 0.05) is 17.0 Å². The number of hydrogen-bond acceptors (Lipinski definition) is 3. The van der Waals surface area contributed by atoms with Crippen LogP contribution in [-0.4, -0.2) is 33.9 Å². The van der Waals surface area contributed by atoms with Crippen LogP contribution >= 0.6 is 11.8 Å². The van der Waals surface area contributed by atoms with E-state index in [-0.39, 0.29) is 17.2 Å². The fourth-order valence-electron chi connectivity index (χ4n) is 4.58. The van der Waals surface area contributed by atoms with Crippen LogP contribution in [0.5, 0.6) is 0 Å². The van der Waals surface area contributed by atoms with E-state index in [0.29, 0.717) is 17.2 Å². The maximum absolute atomic E-state index is 13.7. The Hall–Kier alpha value is -2.27. The molecular weight excluding hydrogens is 392 g/mol. The monoisotopic (exact) mass is 422 g/mol. The number of carbonyl (C=O) groups excluding carboxylic acids is 2. The zero-order valence-corrected chi connectivity index (χ0v) is 18.6. The van der Waals surface area contributed by atoms with Gasteiger partial charge in [0.2, 0.25) is 5.91 Å². The summed E-state index contributed by atoms with van der Waals surface area (Å²) in [5.41, 5.74) is 3.59. The highest BCUT2D eigenvalue weighted by molar-refractivity contribution is 8.00. The lowest BCUT2D eigenvalue weighted by atomic mass is 9.88. The third-order valence-corrected chi connectivity index (χ3v) is 7.78. The Labute approximate surface area is 183 Å². The fraction of sp³-hybridized carbons (Fsp3) is 0.440. The van der Waals surface area contributed by atoms with Gasteiger partial charge in [0.05, 0.1) is 5.37 Å². The molecule has 2 amide bonds. The predicted molar refractivity (Wildman–Crippen MR) is 124 cm³/mol.